The normalized spacial score (nSPS) is 13.3. The minimum atomic E-state index is -3.51. The second-order valence-corrected chi connectivity index (χ2v) is 7.84. The molecule has 1 atom stereocenters. The summed E-state index contributed by atoms with van der Waals surface area (Å²) >= 11 is 2.05. The van der Waals surface area contributed by atoms with Crippen molar-refractivity contribution < 1.29 is 13.5 Å². The molecule has 0 saturated carbocycles. The quantitative estimate of drug-likeness (QED) is 0.562. The molecule has 0 bridgehead atoms. The van der Waals surface area contributed by atoms with E-state index in [0.717, 1.165) is 3.70 Å². The number of hydrogen-bond acceptors (Lipinski definition) is 5. The maximum absolute atomic E-state index is 12.4. The van der Waals surface area contributed by atoms with Gasteiger partial charge in [-0.05, 0) is 53.8 Å². The van der Waals surface area contributed by atoms with Gasteiger partial charge in [0, 0.05) is 11.9 Å². The lowest BCUT2D eigenvalue weighted by molar-refractivity contribution is 0.238. The van der Waals surface area contributed by atoms with E-state index in [1.165, 1.54) is 12.1 Å². The third-order valence-electron chi connectivity index (χ3n) is 3.14. The van der Waals surface area contributed by atoms with E-state index in [1.54, 1.807) is 29.8 Å². The van der Waals surface area contributed by atoms with Crippen molar-refractivity contribution in [3.63, 3.8) is 0 Å². The van der Waals surface area contributed by atoms with Gasteiger partial charge in [-0.3, -0.25) is 0 Å². The second-order valence-electron chi connectivity index (χ2n) is 4.70. The zero-order valence-electron chi connectivity index (χ0n) is 11.4. The van der Waals surface area contributed by atoms with Crippen molar-refractivity contribution in [2.45, 2.75) is 17.9 Å². The molecule has 0 aliphatic rings. The van der Waals surface area contributed by atoms with E-state index >= 15 is 0 Å². The Morgan fingerprint density at radius 2 is 2.00 bits per heavy atom. The fourth-order valence-corrected chi connectivity index (χ4v) is 4.23. The number of aromatic nitrogens is 2. The predicted molar refractivity (Wildman–Crippen MR) is 88.7 cm³/mol. The van der Waals surface area contributed by atoms with Gasteiger partial charge >= 0.3 is 0 Å². The summed E-state index contributed by atoms with van der Waals surface area (Å²) in [5.74, 6) is 0.478. The first-order chi connectivity index (χ1) is 9.83. The lowest BCUT2D eigenvalue weighted by Crippen LogP contribution is -2.23. The van der Waals surface area contributed by atoms with Crippen molar-refractivity contribution in [1.29, 1.82) is 0 Å². The van der Waals surface area contributed by atoms with E-state index < -0.39 is 15.9 Å². The number of sulfone groups is 1. The number of aryl methyl sites for hydroxylation is 1. The molecule has 1 aromatic carbocycles. The minimum absolute atomic E-state index is 0.194. The molecule has 114 valence electrons. The molecule has 0 spiro atoms. The van der Waals surface area contributed by atoms with Crippen molar-refractivity contribution in [3.8, 4) is 0 Å². The van der Waals surface area contributed by atoms with E-state index in [4.69, 9.17) is 5.73 Å². The van der Waals surface area contributed by atoms with Gasteiger partial charge in [0.05, 0.1) is 23.3 Å². The predicted octanol–water partition coefficient (Wildman–Crippen LogP) is 1.39. The topological polar surface area (TPSA) is 98.2 Å². The standard InChI is InChI=1S/C13H16IN3O3S/c1-9-16-13(14)6-17(9)11(7-18)8-21(19,20)12-4-2-10(15)3-5-12/h2-6,11,18H,7-8,15H2,1H3. The van der Waals surface area contributed by atoms with Gasteiger partial charge in [0.15, 0.2) is 9.84 Å². The number of hydrogen-bond donors (Lipinski definition) is 2. The van der Waals surface area contributed by atoms with Crippen LogP contribution in [0.15, 0.2) is 35.4 Å². The number of nitrogen functional groups attached to an aromatic ring is 1. The molecule has 1 heterocycles. The van der Waals surface area contributed by atoms with Crippen molar-refractivity contribution in [2.24, 2.45) is 0 Å². The van der Waals surface area contributed by atoms with Crippen molar-refractivity contribution in [2.75, 3.05) is 18.1 Å². The molecule has 1 unspecified atom stereocenters. The largest absolute Gasteiger partial charge is 0.399 e. The summed E-state index contributed by atoms with van der Waals surface area (Å²) < 4.78 is 27.3. The Bertz CT molecular complexity index is 726. The van der Waals surface area contributed by atoms with Gasteiger partial charge in [0.2, 0.25) is 0 Å². The third-order valence-corrected chi connectivity index (χ3v) is 5.48. The minimum Gasteiger partial charge on any atom is -0.399 e. The molecular formula is C13H16IN3O3S. The van der Waals surface area contributed by atoms with Crippen LogP contribution in [0.2, 0.25) is 0 Å². The maximum atomic E-state index is 12.4. The number of rotatable bonds is 5. The molecule has 0 aliphatic heterocycles. The van der Waals surface area contributed by atoms with E-state index in [-0.39, 0.29) is 17.3 Å². The van der Waals surface area contributed by atoms with E-state index in [1.807, 2.05) is 0 Å². The molecule has 8 heteroatoms. The Morgan fingerprint density at radius 1 is 1.38 bits per heavy atom. The highest BCUT2D eigenvalue weighted by atomic mass is 127. The van der Waals surface area contributed by atoms with E-state index in [9.17, 15) is 13.5 Å². The maximum Gasteiger partial charge on any atom is 0.180 e. The van der Waals surface area contributed by atoms with Crippen LogP contribution >= 0.6 is 22.6 Å². The van der Waals surface area contributed by atoms with Crippen LogP contribution < -0.4 is 5.73 Å². The highest BCUT2D eigenvalue weighted by Gasteiger charge is 2.23. The van der Waals surface area contributed by atoms with Crippen LogP contribution in [-0.2, 0) is 9.84 Å². The number of aliphatic hydroxyl groups is 1. The molecule has 6 nitrogen and oxygen atoms in total. The average Bonchev–Trinajstić information content (AvgIpc) is 2.75. The number of anilines is 1. The number of nitrogens with two attached hydrogens (primary N) is 1. The molecule has 0 fully saturated rings. The summed E-state index contributed by atoms with van der Waals surface area (Å²) in [4.78, 5) is 4.42. The number of imidazole rings is 1. The van der Waals surface area contributed by atoms with Crippen molar-refractivity contribution in [1.82, 2.24) is 9.55 Å². The Labute approximate surface area is 137 Å². The number of aliphatic hydroxyl groups excluding tert-OH is 1. The summed E-state index contributed by atoms with van der Waals surface area (Å²) in [6, 6.07) is 5.48. The Balaban J connectivity index is 2.29. The van der Waals surface area contributed by atoms with Crippen LogP contribution in [0.5, 0.6) is 0 Å². The molecule has 0 aliphatic carbocycles. The lowest BCUT2D eigenvalue weighted by Gasteiger charge is -2.17. The molecule has 3 N–H and O–H groups in total. The highest BCUT2D eigenvalue weighted by Crippen LogP contribution is 2.20. The van der Waals surface area contributed by atoms with Gasteiger partial charge < -0.3 is 15.4 Å². The number of halogens is 1. The number of nitrogens with zero attached hydrogens (tertiary/aromatic N) is 2. The molecule has 21 heavy (non-hydrogen) atoms. The van der Waals surface area contributed by atoms with Crippen LogP contribution in [0.1, 0.15) is 11.9 Å². The lowest BCUT2D eigenvalue weighted by atomic mass is 10.3. The van der Waals surface area contributed by atoms with Gasteiger partial charge in [-0.1, -0.05) is 0 Å². The summed E-state index contributed by atoms with van der Waals surface area (Å²) in [6.45, 7) is 1.50. The fourth-order valence-electron chi connectivity index (χ4n) is 2.06. The van der Waals surface area contributed by atoms with Crippen LogP contribution in [-0.4, -0.2) is 35.4 Å². The molecule has 2 aromatic rings. The first-order valence-corrected chi connectivity index (χ1v) is 8.96. The molecular weight excluding hydrogens is 405 g/mol. The van der Waals surface area contributed by atoms with Gasteiger partial charge in [0.25, 0.3) is 0 Å². The van der Waals surface area contributed by atoms with Crippen LogP contribution in [0, 0.1) is 10.6 Å². The second kappa shape index (κ2) is 6.32. The summed E-state index contributed by atoms with van der Waals surface area (Å²) in [7, 11) is -3.51. The zero-order chi connectivity index (χ0) is 15.6. The third kappa shape index (κ3) is 3.74. The first kappa shape index (κ1) is 16.2. The van der Waals surface area contributed by atoms with Gasteiger partial charge in [-0.2, -0.15) is 0 Å². The number of benzene rings is 1. The zero-order valence-corrected chi connectivity index (χ0v) is 14.4. The van der Waals surface area contributed by atoms with Gasteiger partial charge in [-0.25, -0.2) is 13.4 Å². The van der Waals surface area contributed by atoms with E-state index in [0.29, 0.717) is 11.5 Å². The average molecular weight is 421 g/mol. The smallest absolute Gasteiger partial charge is 0.180 e. The van der Waals surface area contributed by atoms with Crippen molar-refractivity contribution in [3.05, 3.63) is 40.0 Å². The molecule has 2 rings (SSSR count). The first-order valence-electron chi connectivity index (χ1n) is 6.23. The fraction of sp³-hybridized carbons (Fsp3) is 0.308. The van der Waals surface area contributed by atoms with Gasteiger partial charge in [0.1, 0.15) is 9.53 Å². The Kier molecular flexibility index (Phi) is 4.89. The molecule has 0 amide bonds. The van der Waals surface area contributed by atoms with Crippen LogP contribution in [0.25, 0.3) is 0 Å². The molecule has 0 saturated heterocycles. The summed E-state index contributed by atoms with van der Waals surface area (Å²) in [5, 5.41) is 9.53. The Morgan fingerprint density at radius 3 is 2.48 bits per heavy atom. The molecule has 0 radical (unpaired) electrons. The monoisotopic (exact) mass is 421 g/mol. The summed E-state index contributed by atoms with van der Waals surface area (Å²) in [6.07, 6.45) is 1.73. The SMILES string of the molecule is Cc1nc(I)cn1C(CO)CS(=O)(=O)c1ccc(N)cc1. The Hall–Kier alpha value is -1.13. The van der Waals surface area contributed by atoms with Crippen molar-refractivity contribution >= 4 is 38.1 Å². The van der Waals surface area contributed by atoms with Crippen LogP contribution in [0.4, 0.5) is 5.69 Å². The molecule has 1 aromatic heterocycles. The van der Waals surface area contributed by atoms with E-state index in [2.05, 4.69) is 27.6 Å². The van der Waals surface area contributed by atoms with Gasteiger partial charge in [-0.15, -0.1) is 0 Å². The summed E-state index contributed by atoms with van der Waals surface area (Å²) in [5.41, 5.74) is 6.07. The highest BCUT2D eigenvalue weighted by molar-refractivity contribution is 14.1. The van der Waals surface area contributed by atoms with Crippen LogP contribution in [0.3, 0.4) is 0 Å².